The molecular formula is C16H20N2O. The predicted molar refractivity (Wildman–Crippen MR) is 74.7 cm³/mol. The molecule has 0 heterocycles. The van der Waals surface area contributed by atoms with Crippen LogP contribution in [0.2, 0.25) is 0 Å². The topological polar surface area (TPSA) is 41.1 Å². The molecule has 4 unspecified atom stereocenters. The third-order valence-corrected chi connectivity index (χ3v) is 5.29. The van der Waals surface area contributed by atoms with E-state index in [1.54, 1.807) is 0 Å². The summed E-state index contributed by atoms with van der Waals surface area (Å²) in [6.07, 6.45) is 4.24. The van der Waals surface area contributed by atoms with Gasteiger partial charge >= 0.3 is 0 Å². The Labute approximate surface area is 113 Å². The molecule has 3 heteroatoms. The van der Waals surface area contributed by atoms with Gasteiger partial charge < -0.3 is 10.6 Å². The third-order valence-electron chi connectivity index (χ3n) is 5.29. The van der Waals surface area contributed by atoms with Crippen molar-refractivity contribution in [1.29, 1.82) is 0 Å². The molecule has 0 radical (unpaired) electrons. The molecule has 3 aliphatic rings. The Hall–Kier alpha value is -1.51. The summed E-state index contributed by atoms with van der Waals surface area (Å²) in [6, 6.07) is 10.4. The van der Waals surface area contributed by atoms with Gasteiger partial charge in [-0.05, 0) is 55.1 Å². The van der Waals surface area contributed by atoms with Crippen molar-refractivity contribution in [3.63, 3.8) is 0 Å². The normalized spacial score (nSPS) is 37.8. The lowest BCUT2D eigenvalue weighted by molar-refractivity contribution is -0.119. The minimum absolute atomic E-state index is 0.141. The predicted octanol–water partition coefficient (Wildman–Crippen LogP) is 2.26. The van der Waals surface area contributed by atoms with Crippen LogP contribution in [0.15, 0.2) is 30.3 Å². The molecule has 3 fully saturated rings. The second-order valence-electron chi connectivity index (χ2n) is 6.30. The van der Waals surface area contributed by atoms with Crippen LogP contribution >= 0.6 is 0 Å². The average Bonchev–Trinajstić information content (AvgIpc) is 2.85. The highest BCUT2D eigenvalue weighted by molar-refractivity contribution is 5.81. The smallest absolute Gasteiger partial charge is 0.239 e. The molecule has 100 valence electrons. The number of nitrogens with one attached hydrogen (secondary N) is 2. The Bertz CT molecular complexity index is 471. The van der Waals surface area contributed by atoms with Crippen LogP contribution in [0.25, 0.3) is 0 Å². The zero-order chi connectivity index (χ0) is 12.8. The number of hydrogen-bond donors (Lipinski definition) is 2. The first-order valence-electron chi connectivity index (χ1n) is 7.41. The number of hydrogen-bond acceptors (Lipinski definition) is 2. The van der Waals surface area contributed by atoms with Gasteiger partial charge in [-0.3, -0.25) is 4.79 Å². The van der Waals surface area contributed by atoms with Gasteiger partial charge in [-0.1, -0.05) is 18.2 Å². The highest BCUT2D eigenvalue weighted by Crippen LogP contribution is 2.65. The second kappa shape index (κ2) is 4.26. The van der Waals surface area contributed by atoms with Gasteiger partial charge in [-0.25, -0.2) is 0 Å². The van der Waals surface area contributed by atoms with Crippen molar-refractivity contribution in [3.8, 4) is 0 Å². The summed E-state index contributed by atoms with van der Waals surface area (Å²) in [6.45, 7) is 0.384. The van der Waals surface area contributed by atoms with Crippen LogP contribution in [0, 0.1) is 23.7 Å². The number of anilines is 1. The lowest BCUT2D eigenvalue weighted by atomic mass is 10.0. The molecular weight excluding hydrogens is 236 g/mol. The Morgan fingerprint density at radius 2 is 1.79 bits per heavy atom. The SMILES string of the molecule is O=C(CNc1ccccc1)NC1C2C3CCC(C3)C12. The van der Waals surface area contributed by atoms with Crippen LogP contribution in [0.4, 0.5) is 5.69 Å². The number of rotatable bonds is 4. The maximum absolute atomic E-state index is 12.0. The van der Waals surface area contributed by atoms with E-state index in [1.807, 2.05) is 30.3 Å². The molecule has 3 saturated carbocycles. The first kappa shape index (κ1) is 11.3. The summed E-state index contributed by atoms with van der Waals surface area (Å²) in [5.74, 6) is 3.62. The molecule has 0 saturated heterocycles. The van der Waals surface area contributed by atoms with E-state index in [-0.39, 0.29) is 5.91 Å². The fourth-order valence-electron chi connectivity index (χ4n) is 4.49. The van der Waals surface area contributed by atoms with Crippen molar-refractivity contribution >= 4 is 11.6 Å². The van der Waals surface area contributed by atoms with E-state index < -0.39 is 0 Å². The van der Waals surface area contributed by atoms with Crippen molar-refractivity contribution in [1.82, 2.24) is 5.32 Å². The van der Waals surface area contributed by atoms with Gasteiger partial charge in [0.2, 0.25) is 5.91 Å². The fourth-order valence-corrected chi connectivity index (χ4v) is 4.49. The van der Waals surface area contributed by atoms with E-state index >= 15 is 0 Å². The Kier molecular flexibility index (Phi) is 2.54. The highest BCUT2D eigenvalue weighted by Gasteiger charge is 2.65. The largest absolute Gasteiger partial charge is 0.376 e. The Balaban J connectivity index is 1.27. The van der Waals surface area contributed by atoms with Gasteiger partial charge in [0.05, 0.1) is 6.54 Å². The zero-order valence-corrected chi connectivity index (χ0v) is 11.0. The lowest BCUT2D eigenvalue weighted by Crippen LogP contribution is -2.34. The summed E-state index contributed by atoms with van der Waals surface area (Å²) in [5.41, 5.74) is 1.01. The molecule has 1 aromatic rings. The van der Waals surface area contributed by atoms with Gasteiger partial charge in [-0.2, -0.15) is 0 Å². The number of para-hydroxylation sites is 1. The molecule has 19 heavy (non-hydrogen) atoms. The zero-order valence-electron chi connectivity index (χ0n) is 11.0. The van der Waals surface area contributed by atoms with Crippen LogP contribution in [0.5, 0.6) is 0 Å². The van der Waals surface area contributed by atoms with Crippen LogP contribution in [0.1, 0.15) is 19.3 Å². The lowest BCUT2D eigenvalue weighted by Gasteiger charge is -2.11. The minimum Gasteiger partial charge on any atom is -0.376 e. The summed E-state index contributed by atoms with van der Waals surface area (Å²) >= 11 is 0. The minimum atomic E-state index is 0.141. The van der Waals surface area contributed by atoms with Gasteiger partial charge in [-0.15, -0.1) is 0 Å². The standard InChI is InChI=1S/C16H20N2O/c19-13(9-17-12-4-2-1-3-5-12)18-16-14-10-6-7-11(8-10)15(14)16/h1-5,10-11,14-17H,6-9H2,(H,18,19). The molecule has 4 atom stereocenters. The summed E-state index contributed by atoms with van der Waals surface area (Å²) < 4.78 is 0. The molecule has 3 nitrogen and oxygen atoms in total. The van der Waals surface area contributed by atoms with Crippen molar-refractivity contribution in [2.75, 3.05) is 11.9 Å². The summed E-state index contributed by atoms with van der Waals surface area (Å²) in [7, 11) is 0. The Morgan fingerprint density at radius 3 is 2.47 bits per heavy atom. The number of amides is 1. The van der Waals surface area contributed by atoms with Gasteiger partial charge in [0.25, 0.3) is 0 Å². The second-order valence-corrected chi connectivity index (χ2v) is 6.30. The van der Waals surface area contributed by atoms with E-state index in [0.29, 0.717) is 12.6 Å². The fraction of sp³-hybridized carbons (Fsp3) is 0.562. The summed E-state index contributed by atoms with van der Waals surface area (Å²) in [5, 5.41) is 6.39. The number of fused-ring (bicyclic) bond motifs is 5. The van der Waals surface area contributed by atoms with Crippen LogP contribution in [-0.4, -0.2) is 18.5 Å². The first-order chi connectivity index (χ1) is 9.33. The molecule has 0 aliphatic heterocycles. The third kappa shape index (κ3) is 1.92. The molecule has 0 aromatic heterocycles. The number of carbonyl (C=O) groups excluding carboxylic acids is 1. The Morgan fingerprint density at radius 1 is 1.11 bits per heavy atom. The number of benzene rings is 1. The van der Waals surface area contributed by atoms with E-state index in [1.165, 1.54) is 19.3 Å². The highest BCUT2D eigenvalue weighted by atomic mass is 16.2. The van der Waals surface area contributed by atoms with E-state index in [0.717, 1.165) is 29.4 Å². The molecule has 3 aliphatic carbocycles. The van der Waals surface area contributed by atoms with Crippen molar-refractivity contribution in [3.05, 3.63) is 30.3 Å². The number of carbonyl (C=O) groups is 1. The molecule has 2 N–H and O–H groups in total. The van der Waals surface area contributed by atoms with Gasteiger partial charge in [0.15, 0.2) is 0 Å². The molecule has 0 spiro atoms. The van der Waals surface area contributed by atoms with Crippen molar-refractivity contribution < 1.29 is 4.79 Å². The quantitative estimate of drug-likeness (QED) is 0.867. The molecule has 2 bridgehead atoms. The maximum atomic E-state index is 12.0. The summed E-state index contributed by atoms with van der Waals surface area (Å²) in [4.78, 5) is 12.0. The van der Waals surface area contributed by atoms with Crippen LogP contribution in [-0.2, 0) is 4.79 Å². The van der Waals surface area contributed by atoms with Crippen molar-refractivity contribution in [2.45, 2.75) is 25.3 Å². The maximum Gasteiger partial charge on any atom is 0.239 e. The van der Waals surface area contributed by atoms with E-state index in [2.05, 4.69) is 10.6 Å². The van der Waals surface area contributed by atoms with Gasteiger partial charge in [0, 0.05) is 11.7 Å². The molecule has 4 rings (SSSR count). The van der Waals surface area contributed by atoms with E-state index in [9.17, 15) is 4.79 Å². The first-order valence-corrected chi connectivity index (χ1v) is 7.41. The van der Waals surface area contributed by atoms with E-state index in [4.69, 9.17) is 0 Å². The van der Waals surface area contributed by atoms with Gasteiger partial charge in [0.1, 0.15) is 0 Å². The average molecular weight is 256 g/mol. The van der Waals surface area contributed by atoms with Crippen LogP contribution in [0.3, 0.4) is 0 Å². The molecule has 1 amide bonds. The van der Waals surface area contributed by atoms with Crippen LogP contribution < -0.4 is 10.6 Å². The monoisotopic (exact) mass is 256 g/mol. The molecule has 1 aromatic carbocycles. The van der Waals surface area contributed by atoms with Crippen molar-refractivity contribution in [2.24, 2.45) is 23.7 Å².